The van der Waals surface area contributed by atoms with Crippen LogP contribution in [0.3, 0.4) is 0 Å². The first-order valence-electron chi connectivity index (χ1n) is 9.40. The molecule has 8 heteroatoms. The van der Waals surface area contributed by atoms with Gasteiger partial charge >= 0.3 is 0 Å². The summed E-state index contributed by atoms with van der Waals surface area (Å²) in [5.41, 5.74) is 1.03. The highest BCUT2D eigenvalue weighted by Gasteiger charge is 2.42. The monoisotopic (exact) mass is 412 g/mol. The van der Waals surface area contributed by atoms with Crippen molar-refractivity contribution in [3.63, 3.8) is 0 Å². The van der Waals surface area contributed by atoms with E-state index in [0.717, 1.165) is 41.7 Å². The second-order valence-corrected chi connectivity index (χ2v) is 9.15. The minimum atomic E-state index is -0.315. The smallest absolute Gasteiger partial charge is 0.247 e. The Bertz CT molecular complexity index is 975. The largest absolute Gasteiger partial charge is 0.345 e. The van der Waals surface area contributed by atoms with E-state index in [1.165, 1.54) is 9.60 Å². The Labute approximate surface area is 171 Å². The maximum atomic E-state index is 12.9. The third kappa shape index (κ3) is 3.21. The summed E-state index contributed by atoms with van der Waals surface area (Å²) in [5.74, 6) is -0.108. The fourth-order valence-electron chi connectivity index (χ4n) is 3.90. The lowest BCUT2D eigenvalue weighted by atomic mass is 10.2. The van der Waals surface area contributed by atoms with E-state index in [-0.39, 0.29) is 17.9 Å². The lowest BCUT2D eigenvalue weighted by molar-refractivity contribution is -0.140. The normalized spacial score (nSPS) is 21.2. The molecule has 2 saturated heterocycles. The predicted molar refractivity (Wildman–Crippen MR) is 112 cm³/mol. The summed E-state index contributed by atoms with van der Waals surface area (Å²) >= 11 is 3.29. The summed E-state index contributed by atoms with van der Waals surface area (Å²) in [7, 11) is 0. The molecule has 0 bridgehead atoms. The fraction of sp³-hybridized carbons (Fsp3) is 0.350. The average molecular weight is 413 g/mol. The van der Waals surface area contributed by atoms with Crippen molar-refractivity contribution in [1.82, 2.24) is 14.8 Å². The van der Waals surface area contributed by atoms with Crippen molar-refractivity contribution in [3.8, 4) is 0 Å². The number of amides is 2. The second kappa shape index (κ2) is 7.27. The molecule has 2 aromatic heterocycles. The lowest BCUT2D eigenvalue weighted by Crippen LogP contribution is -2.52. The summed E-state index contributed by atoms with van der Waals surface area (Å²) in [6.07, 6.45) is 0.297. The summed E-state index contributed by atoms with van der Waals surface area (Å²) < 4.78 is 1.20. The van der Waals surface area contributed by atoms with Gasteiger partial charge in [-0.25, -0.2) is 4.98 Å². The standard InChI is InChI=1S/C20H20N4O2S2/c25-18-12-16(19(26)24(18)13-14-4-3-11-27-14)22-7-9-23(10-8-22)20-21-15-5-1-2-6-17(15)28-20/h1-6,11,16H,7-10,12-13H2/t16-/m0/s1. The maximum Gasteiger partial charge on any atom is 0.247 e. The van der Waals surface area contributed by atoms with Gasteiger partial charge in [0.1, 0.15) is 0 Å². The molecule has 0 N–H and O–H groups in total. The maximum absolute atomic E-state index is 12.9. The number of benzene rings is 1. The molecule has 1 aromatic carbocycles. The van der Waals surface area contributed by atoms with Crippen LogP contribution in [0.4, 0.5) is 5.13 Å². The molecule has 1 atom stereocenters. The number of nitrogens with zero attached hydrogens (tertiary/aromatic N) is 4. The number of anilines is 1. The van der Waals surface area contributed by atoms with E-state index < -0.39 is 0 Å². The van der Waals surface area contributed by atoms with Gasteiger partial charge in [0.25, 0.3) is 0 Å². The SMILES string of the molecule is O=C1C[C@H](N2CCN(c3nc4ccccc4s3)CC2)C(=O)N1Cc1cccs1. The van der Waals surface area contributed by atoms with Gasteiger partial charge in [0, 0.05) is 31.1 Å². The van der Waals surface area contributed by atoms with Crippen LogP contribution in [0.1, 0.15) is 11.3 Å². The Morgan fingerprint density at radius 3 is 2.61 bits per heavy atom. The first kappa shape index (κ1) is 17.8. The van der Waals surface area contributed by atoms with Gasteiger partial charge in [-0.3, -0.25) is 19.4 Å². The number of thiophene rings is 1. The lowest BCUT2D eigenvalue weighted by Gasteiger charge is -2.36. The number of fused-ring (bicyclic) bond motifs is 1. The van der Waals surface area contributed by atoms with Gasteiger partial charge in [-0.15, -0.1) is 11.3 Å². The molecule has 0 saturated carbocycles. The van der Waals surface area contributed by atoms with Crippen LogP contribution in [-0.2, 0) is 16.1 Å². The van der Waals surface area contributed by atoms with Gasteiger partial charge in [-0.05, 0) is 23.6 Å². The van der Waals surface area contributed by atoms with Crippen LogP contribution >= 0.6 is 22.7 Å². The summed E-state index contributed by atoms with van der Waals surface area (Å²) in [6, 6.07) is 11.8. The van der Waals surface area contributed by atoms with Gasteiger partial charge in [0.2, 0.25) is 11.8 Å². The van der Waals surface area contributed by atoms with Crippen molar-refractivity contribution < 1.29 is 9.59 Å². The fourth-order valence-corrected chi connectivity index (χ4v) is 5.61. The summed E-state index contributed by atoms with van der Waals surface area (Å²) in [4.78, 5) is 36.9. The van der Waals surface area contributed by atoms with Crippen molar-refractivity contribution >= 4 is 49.8 Å². The van der Waals surface area contributed by atoms with Crippen LogP contribution < -0.4 is 4.90 Å². The van der Waals surface area contributed by atoms with E-state index in [1.54, 1.807) is 22.7 Å². The van der Waals surface area contributed by atoms with Gasteiger partial charge in [0.15, 0.2) is 5.13 Å². The van der Waals surface area contributed by atoms with Crippen LogP contribution in [0.25, 0.3) is 10.2 Å². The van der Waals surface area contributed by atoms with E-state index in [0.29, 0.717) is 13.0 Å². The molecule has 28 heavy (non-hydrogen) atoms. The van der Waals surface area contributed by atoms with Gasteiger partial charge in [-0.1, -0.05) is 29.5 Å². The molecule has 144 valence electrons. The minimum Gasteiger partial charge on any atom is -0.345 e. The first-order valence-corrected chi connectivity index (χ1v) is 11.1. The Hall–Kier alpha value is -2.29. The molecular weight excluding hydrogens is 392 g/mol. The van der Waals surface area contributed by atoms with Crippen molar-refractivity contribution in [2.75, 3.05) is 31.1 Å². The Kier molecular flexibility index (Phi) is 4.62. The van der Waals surface area contributed by atoms with Crippen LogP contribution in [0.5, 0.6) is 0 Å². The van der Waals surface area contributed by atoms with E-state index in [1.807, 2.05) is 35.7 Å². The van der Waals surface area contributed by atoms with Gasteiger partial charge in [0.05, 0.1) is 29.2 Å². The van der Waals surface area contributed by atoms with E-state index in [2.05, 4.69) is 15.9 Å². The van der Waals surface area contributed by atoms with Gasteiger partial charge < -0.3 is 4.90 Å². The zero-order chi connectivity index (χ0) is 19.1. The predicted octanol–water partition coefficient (Wildman–Crippen LogP) is 2.81. The molecule has 0 spiro atoms. The number of rotatable bonds is 4. The molecule has 0 unspecified atom stereocenters. The third-order valence-electron chi connectivity index (χ3n) is 5.42. The highest BCUT2D eigenvalue weighted by Crippen LogP contribution is 2.30. The Morgan fingerprint density at radius 1 is 1.04 bits per heavy atom. The van der Waals surface area contributed by atoms with Crippen molar-refractivity contribution in [2.24, 2.45) is 0 Å². The molecular formula is C20H20N4O2S2. The number of likely N-dealkylation sites (tertiary alicyclic amines) is 1. The van der Waals surface area contributed by atoms with Crippen molar-refractivity contribution in [1.29, 1.82) is 0 Å². The Morgan fingerprint density at radius 2 is 1.86 bits per heavy atom. The number of imide groups is 1. The number of carbonyl (C=O) groups excluding carboxylic acids is 2. The number of hydrogen-bond donors (Lipinski definition) is 0. The third-order valence-corrected chi connectivity index (χ3v) is 7.38. The molecule has 0 aliphatic carbocycles. The highest BCUT2D eigenvalue weighted by molar-refractivity contribution is 7.22. The first-order chi connectivity index (χ1) is 13.7. The van der Waals surface area contributed by atoms with Gasteiger partial charge in [-0.2, -0.15) is 0 Å². The van der Waals surface area contributed by atoms with Crippen LogP contribution in [0, 0.1) is 0 Å². The number of para-hydroxylation sites is 1. The number of carbonyl (C=O) groups is 2. The molecule has 5 rings (SSSR count). The molecule has 4 heterocycles. The minimum absolute atomic E-state index is 0.0492. The van der Waals surface area contributed by atoms with E-state index in [4.69, 9.17) is 4.98 Å². The van der Waals surface area contributed by atoms with Crippen LogP contribution in [0.15, 0.2) is 41.8 Å². The number of aromatic nitrogens is 1. The second-order valence-electron chi connectivity index (χ2n) is 7.10. The number of hydrogen-bond acceptors (Lipinski definition) is 7. The number of piperazine rings is 1. The highest BCUT2D eigenvalue weighted by atomic mass is 32.1. The molecule has 2 aliphatic rings. The number of thiazole rings is 1. The van der Waals surface area contributed by atoms with Crippen molar-refractivity contribution in [3.05, 3.63) is 46.7 Å². The molecule has 3 aromatic rings. The summed E-state index contributed by atoms with van der Waals surface area (Å²) in [6.45, 7) is 3.59. The zero-order valence-electron chi connectivity index (χ0n) is 15.3. The summed E-state index contributed by atoms with van der Waals surface area (Å²) in [5, 5.41) is 3.01. The molecule has 6 nitrogen and oxygen atoms in total. The molecule has 2 fully saturated rings. The van der Waals surface area contributed by atoms with E-state index >= 15 is 0 Å². The molecule has 2 amide bonds. The quantitative estimate of drug-likeness (QED) is 0.617. The zero-order valence-corrected chi connectivity index (χ0v) is 16.9. The van der Waals surface area contributed by atoms with E-state index in [9.17, 15) is 9.59 Å². The Balaban J connectivity index is 1.24. The van der Waals surface area contributed by atoms with Crippen molar-refractivity contribution in [2.45, 2.75) is 19.0 Å². The topological polar surface area (TPSA) is 56.8 Å². The average Bonchev–Trinajstić information content (AvgIpc) is 3.44. The van der Waals surface area contributed by atoms with Crippen LogP contribution in [0.2, 0.25) is 0 Å². The van der Waals surface area contributed by atoms with Crippen LogP contribution in [-0.4, -0.2) is 58.8 Å². The molecule has 0 radical (unpaired) electrons. The molecule has 2 aliphatic heterocycles.